The first-order valence-electron chi connectivity index (χ1n) is 7.99. The molecular weight excluding hydrogens is 260 g/mol. The normalized spacial score (nSPS) is 11.8. The summed E-state index contributed by atoms with van der Waals surface area (Å²) < 4.78 is 0.829. The monoisotopic (exact) mass is 291 g/mol. The molecule has 1 amide bonds. The smallest absolute Gasteiger partial charge is 0.279 e. The number of quaternary nitrogens is 1. The van der Waals surface area contributed by atoms with Crippen LogP contribution in [0.5, 0.6) is 0 Å². The third-order valence-electron chi connectivity index (χ3n) is 4.75. The fourth-order valence-electron chi connectivity index (χ4n) is 3.20. The summed E-state index contributed by atoms with van der Waals surface area (Å²) in [5, 5.41) is 3.13. The van der Waals surface area contributed by atoms with Crippen LogP contribution in [-0.4, -0.2) is 36.1 Å². The number of aryl methyl sites for hydroxylation is 3. The fraction of sp³-hybridized carbons (Fsp3) is 0.611. The minimum absolute atomic E-state index is 0.113. The van der Waals surface area contributed by atoms with E-state index in [0.29, 0.717) is 12.6 Å². The van der Waals surface area contributed by atoms with Gasteiger partial charge in [-0.2, -0.15) is 0 Å². The first-order valence-corrected chi connectivity index (χ1v) is 7.99. The van der Waals surface area contributed by atoms with Crippen molar-refractivity contribution in [3.05, 3.63) is 28.8 Å². The predicted molar refractivity (Wildman–Crippen MR) is 90.6 cm³/mol. The second-order valence-electron chi connectivity index (χ2n) is 6.42. The largest absolute Gasteiger partial charge is 0.321 e. The molecule has 0 heterocycles. The van der Waals surface area contributed by atoms with Crippen molar-refractivity contribution in [2.75, 3.05) is 25.0 Å². The van der Waals surface area contributed by atoms with Gasteiger partial charge in [-0.1, -0.05) is 17.7 Å². The van der Waals surface area contributed by atoms with Gasteiger partial charge in [-0.25, -0.2) is 0 Å². The van der Waals surface area contributed by atoms with Gasteiger partial charge >= 0.3 is 0 Å². The van der Waals surface area contributed by atoms with Crippen LogP contribution in [0.2, 0.25) is 0 Å². The van der Waals surface area contributed by atoms with E-state index in [9.17, 15) is 4.79 Å². The number of benzene rings is 1. The zero-order chi connectivity index (χ0) is 16.2. The molecule has 1 rings (SSSR count). The standard InChI is InChI=1S/C18H30N2O/c1-8-20(9-2,13(3)4)12-17(21)19-18-15(6)10-14(5)11-16(18)7/h10-11,13H,8-9,12H2,1-7H3/p+1. The molecule has 3 heteroatoms. The summed E-state index contributed by atoms with van der Waals surface area (Å²) in [4.78, 5) is 12.5. The van der Waals surface area contributed by atoms with E-state index in [1.54, 1.807) is 0 Å². The number of carbonyl (C=O) groups excluding carboxylic acids is 1. The molecule has 0 radical (unpaired) electrons. The number of carbonyl (C=O) groups is 1. The van der Waals surface area contributed by atoms with Gasteiger partial charge in [-0.15, -0.1) is 0 Å². The summed E-state index contributed by atoms with van der Waals surface area (Å²) >= 11 is 0. The molecule has 0 saturated carbocycles. The highest BCUT2D eigenvalue weighted by atomic mass is 16.2. The van der Waals surface area contributed by atoms with E-state index in [1.165, 1.54) is 5.56 Å². The number of nitrogens with zero attached hydrogens (tertiary/aromatic N) is 1. The Morgan fingerprint density at radius 1 is 1.10 bits per heavy atom. The molecule has 0 spiro atoms. The Labute approximate surface area is 129 Å². The number of amides is 1. The number of anilines is 1. The van der Waals surface area contributed by atoms with Crippen molar-refractivity contribution in [2.24, 2.45) is 0 Å². The van der Waals surface area contributed by atoms with Crippen LogP contribution in [0.3, 0.4) is 0 Å². The maximum absolute atomic E-state index is 12.5. The molecule has 1 aromatic carbocycles. The van der Waals surface area contributed by atoms with Gasteiger partial charge < -0.3 is 9.80 Å². The van der Waals surface area contributed by atoms with E-state index >= 15 is 0 Å². The van der Waals surface area contributed by atoms with Crippen LogP contribution in [0.15, 0.2) is 12.1 Å². The van der Waals surface area contributed by atoms with Crippen molar-refractivity contribution < 1.29 is 9.28 Å². The molecule has 1 N–H and O–H groups in total. The van der Waals surface area contributed by atoms with E-state index < -0.39 is 0 Å². The summed E-state index contributed by atoms with van der Waals surface area (Å²) in [7, 11) is 0. The van der Waals surface area contributed by atoms with Gasteiger partial charge in [0.1, 0.15) is 0 Å². The highest BCUT2D eigenvalue weighted by Crippen LogP contribution is 2.22. The van der Waals surface area contributed by atoms with Gasteiger partial charge in [0.25, 0.3) is 5.91 Å². The average molecular weight is 291 g/mol. The summed E-state index contributed by atoms with van der Waals surface area (Å²) in [6, 6.07) is 4.69. The quantitative estimate of drug-likeness (QED) is 0.793. The van der Waals surface area contributed by atoms with E-state index in [2.05, 4.69) is 65.9 Å². The molecular formula is C18H31N2O+. The molecule has 0 aliphatic rings. The first-order chi connectivity index (χ1) is 9.75. The Kier molecular flexibility index (Phi) is 5.97. The third-order valence-corrected chi connectivity index (χ3v) is 4.75. The number of hydrogen-bond acceptors (Lipinski definition) is 1. The van der Waals surface area contributed by atoms with Gasteiger partial charge in [0.05, 0.1) is 19.1 Å². The molecule has 0 atom stereocenters. The maximum Gasteiger partial charge on any atom is 0.279 e. The Hall–Kier alpha value is -1.35. The van der Waals surface area contributed by atoms with Crippen LogP contribution in [0.1, 0.15) is 44.4 Å². The van der Waals surface area contributed by atoms with E-state index in [1.807, 2.05) is 0 Å². The van der Waals surface area contributed by atoms with Gasteiger partial charge in [0, 0.05) is 5.69 Å². The molecule has 3 nitrogen and oxygen atoms in total. The molecule has 21 heavy (non-hydrogen) atoms. The summed E-state index contributed by atoms with van der Waals surface area (Å²) in [6.07, 6.45) is 0. The lowest BCUT2D eigenvalue weighted by atomic mass is 10.0. The minimum atomic E-state index is 0.113. The van der Waals surface area contributed by atoms with Gasteiger partial charge in [-0.3, -0.25) is 4.79 Å². The molecule has 0 unspecified atom stereocenters. The SMILES string of the molecule is CC[N+](CC)(CC(=O)Nc1c(C)cc(C)cc1C)C(C)C. The molecule has 1 aromatic rings. The number of likely N-dealkylation sites (N-methyl/N-ethyl adjacent to an activating group) is 1. The van der Waals surface area contributed by atoms with Crippen molar-refractivity contribution in [3.8, 4) is 0 Å². The summed E-state index contributed by atoms with van der Waals surface area (Å²) in [6.45, 7) is 17.4. The van der Waals surface area contributed by atoms with E-state index in [-0.39, 0.29) is 5.91 Å². The zero-order valence-electron chi connectivity index (χ0n) is 14.7. The molecule has 0 fully saturated rings. The van der Waals surface area contributed by atoms with Crippen LogP contribution < -0.4 is 5.32 Å². The van der Waals surface area contributed by atoms with Gasteiger partial charge in [-0.05, 0) is 59.6 Å². The lowest BCUT2D eigenvalue weighted by molar-refractivity contribution is -0.937. The van der Waals surface area contributed by atoms with Crippen molar-refractivity contribution in [2.45, 2.75) is 54.5 Å². The number of rotatable bonds is 6. The molecule has 118 valence electrons. The van der Waals surface area contributed by atoms with Crippen LogP contribution in [0.25, 0.3) is 0 Å². The molecule has 0 aliphatic heterocycles. The molecule has 0 bridgehead atoms. The van der Waals surface area contributed by atoms with Crippen molar-refractivity contribution >= 4 is 11.6 Å². The third kappa shape index (κ3) is 4.07. The average Bonchev–Trinajstić information content (AvgIpc) is 2.40. The van der Waals surface area contributed by atoms with Gasteiger partial charge in [0.2, 0.25) is 0 Å². The van der Waals surface area contributed by atoms with Gasteiger partial charge in [0.15, 0.2) is 6.54 Å². The summed E-state index contributed by atoms with van der Waals surface area (Å²) in [5.41, 5.74) is 4.48. The van der Waals surface area contributed by atoms with E-state index in [0.717, 1.165) is 34.4 Å². The predicted octanol–water partition coefficient (Wildman–Crippen LogP) is 3.82. The van der Waals surface area contributed by atoms with Crippen LogP contribution in [0, 0.1) is 20.8 Å². The lowest BCUT2D eigenvalue weighted by Gasteiger charge is -2.40. The Bertz CT molecular complexity index is 479. The van der Waals surface area contributed by atoms with Crippen molar-refractivity contribution in [1.29, 1.82) is 0 Å². The molecule has 0 aromatic heterocycles. The molecule has 0 saturated heterocycles. The Morgan fingerprint density at radius 3 is 1.95 bits per heavy atom. The maximum atomic E-state index is 12.5. The minimum Gasteiger partial charge on any atom is -0.321 e. The number of nitrogens with one attached hydrogen (secondary N) is 1. The number of hydrogen-bond donors (Lipinski definition) is 1. The second-order valence-corrected chi connectivity index (χ2v) is 6.42. The first kappa shape index (κ1) is 17.7. The summed E-state index contributed by atoms with van der Waals surface area (Å²) in [5.74, 6) is 0.113. The highest BCUT2D eigenvalue weighted by molar-refractivity contribution is 5.93. The van der Waals surface area contributed by atoms with Crippen LogP contribution >= 0.6 is 0 Å². The van der Waals surface area contributed by atoms with Crippen molar-refractivity contribution in [3.63, 3.8) is 0 Å². The molecule has 0 aliphatic carbocycles. The van der Waals surface area contributed by atoms with E-state index in [4.69, 9.17) is 0 Å². The lowest BCUT2D eigenvalue weighted by Crippen LogP contribution is -2.56. The zero-order valence-corrected chi connectivity index (χ0v) is 14.7. The topological polar surface area (TPSA) is 29.1 Å². The van der Waals surface area contributed by atoms with Crippen LogP contribution in [0.4, 0.5) is 5.69 Å². The van der Waals surface area contributed by atoms with Crippen LogP contribution in [-0.2, 0) is 4.79 Å². The Balaban J connectivity index is 2.92. The second kappa shape index (κ2) is 7.08. The highest BCUT2D eigenvalue weighted by Gasteiger charge is 2.30. The fourth-order valence-corrected chi connectivity index (χ4v) is 3.20. The Morgan fingerprint density at radius 2 is 1.57 bits per heavy atom. The van der Waals surface area contributed by atoms with Crippen molar-refractivity contribution in [1.82, 2.24) is 0 Å².